The lowest BCUT2D eigenvalue weighted by molar-refractivity contribution is -0.0241. The number of rotatable bonds is 9. The summed E-state index contributed by atoms with van der Waals surface area (Å²) in [4.78, 5) is 2.35. The molecule has 0 aliphatic heterocycles. The average molecular weight is 394 g/mol. The van der Waals surface area contributed by atoms with Crippen LogP contribution in [0.15, 0.2) is 91.0 Å². The van der Waals surface area contributed by atoms with E-state index >= 15 is 0 Å². The molecule has 3 aromatic rings. The number of halogens is 1. The first-order valence-electron chi connectivity index (χ1n) is 9.72. The molecule has 2 atom stereocenters. The van der Waals surface area contributed by atoms with Gasteiger partial charge in [0.15, 0.2) is 0 Å². The van der Waals surface area contributed by atoms with Gasteiger partial charge in [-0.15, -0.1) is 11.6 Å². The third-order valence-corrected chi connectivity index (χ3v) is 5.70. The van der Waals surface area contributed by atoms with Gasteiger partial charge in [0.05, 0.1) is 11.5 Å². The third-order valence-electron chi connectivity index (χ3n) is 5.16. The van der Waals surface area contributed by atoms with Gasteiger partial charge in [0.1, 0.15) is 0 Å². The highest BCUT2D eigenvalue weighted by atomic mass is 35.5. The molecular weight excluding hydrogens is 366 g/mol. The first kappa shape index (κ1) is 20.6. The van der Waals surface area contributed by atoms with Gasteiger partial charge in [-0.1, -0.05) is 91.0 Å². The number of hydrogen-bond donors (Lipinski definition) is 1. The Kier molecular flexibility index (Phi) is 7.27. The van der Waals surface area contributed by atoms with E-state index in [9.17, 15) is 5.11 Å². The molecule has 0 aromatic heterocycles. The van der Waals surface area contributed by atoms with E-state index in [0.717, 1.165) is 19.5 Å². The van der Waals surface area contributed by atoms with Crippen molar-refractivity contribution in [3.05, 3.63) is 108 Å². The predicted molar refractivity (Wildman–Crippen MR) is 117 cm³/mol. The summed E-state index contributed by atoms with van der Waals surface area (Å²) in [7, 11) is 0. The first-order chi connectivity index (χ1) is 13.6. The highest BCUT2D eigenvalue weighted by molar-refractivity contribution is 6.18. The van der Waals surface area contributed by atoms with Gasteiger partial charge in [-0.3, -0.25) is 4.90 Å². The summed E-state index contributed by atoms with van der Waals surface area (Å²) >= 11 is 6.23. The van der Waals surface area contributed by atoms with Crippen molar-refractivity contribution >= 4 is 11.6 Å². The number of hydrogen-bond acceptors (Lipinski definition) is 2. The van der Waals surface area contributed by atoms with E-state index in [0.29, 0.717) is 0 Å². The average Bonchev–Trinajstić information content (AvgIpc) is 2.74. The van der Waals surface area contributed by atoms with E-state index in [-0.39, 0.29) is 11.9 Å². The number of benzene rings is 3. The largest absolute Gasteiger partial charge is 0.387 e. The lowest BCUT2D eigenvalue weighted by Gasteiger charge is -2.40. The minimum absolute atomic E-state index is 0.118. The second-order valence-electron chi connectivity index (χ2n) is 7.57. The molecule has 0 saturated carbocycles. The van der Waals surface area contributed by atoms with Crippen molar-refractivity contribution in [2.75, 3.05) is 5.88 Å². The predicted octanol–water partition coefficient (Wildman–Crippen LogP) is 5.29. The van der Waals surface area contributed by atoms with Gasteiger partial charge in [-0.05, 0) is 30.0 Å². The van der Waals surface area contributed by atoms with Crippen molar-refractivity contribution in [3.8, 4) is 0 Å². The van der Waals surface area contributed by atoms with Crippen LogP contribution in [0, 0.1) is 0 Å². The van der Waals surface area contributed by atoms with Crippen LogP contribution in [0.4, 0.5) is 0 Å². The van der Waals surface area contributed by atoms with Gasteiger partial charge in [0.2, 0.25) is 0 Å². The third kappa shape index (κ3) is 5.68. The zero-order valence-electron chi connectivity index (χ0n) is 16.3. The van der Waals surface area contributed by atoms with Crippen molar-refractivity contribution < 1.29 is 5.11 Å². The molecule has 0 heterocycles. The number of aliphatic hydroxyl groups is 1. The first-order valence-corrected chi connectivity index (χ1v) is 10.3. The Morgan fingerprint density at radius 3 is 1.54 bits per heavy atom. The Bertz CT molecular complexity index is 779. The monoisotopic (exact) mass is 393 g/mol. The van der Waals surface area contributed by atoms with Gasteiger partial charge in [-0.25, -0.2) is 0 Å². The molecule has 0 bridgehead atoms. The van der Waals surface area contributed by atoms with Crippen LogP contribution in [-0.4, -0.2) is 27.5 Å². The van der Waals surface area contributed by atoms with Crippen molar-refractivity contribution in [2.45, 2.75) is 38.1 Å². The molecule has 3 aromatic carbocycles. The molecule has 0 aliphatic rings. The van der Waals surface area contributed by atoms with Crippen LogP contribution in [0.3, 0.4) is 0 Å². The molecule has 146 valence electrons. The molecule has 0 radical (unpaired) electrons. The Labute approximate surface area is 173 Å². The molecule has 3 heteroatoms. The molecule has 1 N–H and O–H groups in total. The molecule has 28 heavy (non-hydrogen) atoms. The summed E-state index contributed by atoms with van der Waals surface area (Å²) in [6.07, 6.45) is 0.736. The zero-order chi connectivity index (χ0) is 19.8. The molecule has 0 spiro atoms. The van der Waals surface area contributed by atoms with Crippen LogP contribution < -0.4 is 0 Å². The van der Waals surface area contributed by atoms with Crippen molar-refractivity contribution in [3.63, 3.8) is 0 Å². The summed E-state index contributed by atoms with van der Waals surface area (Å²) in [6, 6.07) is 31.0. The summed E-state index contributed by atoms with van der Waals surface area (Å²) in [6.45, 7) is 3.34. The lowest BCUT2D eigenvalue weighted by Crippen LogP contribution is -2.53. The quantitative estimate of drug-likeness (QED) is 0.499. The molecular formula is C25H28ClNO. The summed E-state index contributed by atoms with van der Waals surface area (Å²) in [5.74, 6) is 0.185. The summed E-state index contributed by atoms with van der Waals surface area (Å²) < 4.78 is 0. The SMILES string of the molecule is C[C@](O)(CCl)[C@H](Cc1ccccc1)N(Cc1ccccc1)Cc1ccccc1. The smallest absolute Gasteiger partial charge is 0.0912 e. The van der Waals surface area contributed by atoms with E-state index in [1.54, 1.807) is 0 Å². The fourth-order valence-electron chi connectivity index (χ4n) is 3.58. The van der Waals surface area contributed by atoms with Crippen molar-refractivity contribution in [2.24, 2.45) is 0 Å². The topological polar surface area (TPSA) is 23.5 Å². The molecule has 0 unspecified atom stereocenters. The van der Waals surface area contributed by atoms with Gasteiger partial charge >= 0.3 is 0 Å². The van der Waals surface area contributed by atoms with Gasteiger partial charge in [0.25, 0.3) is 0 Å². The Hall–Kier alpha value is -2.13. The molecule has 0 aliphatic carbocycles. The van der Waals surface area contributed by atoms with E-state index in [1.807, 2.05) is 37.3 Å². The maximum absolute atomic E-state index is 11.2. The second-order valence-corrected chi connectivity index (χ2v) is 7.84. The fraction of sp³-hybridized carbons (Fsp3) is 0.280. The van der Waals surface area contributed by atoms with Crippen LogP contribution in [0.2, 0.25) is 0 Å². The minimum atomic E-state index is -1.01. The summed E-state index contributed by atoms with van der Waals surface area (Å²) in [5.41, 5.74) is 2.63. The van der Waals surface area contributed by atoms with Gasteiger partial charge in [0, 0.05) is 19.1 Å². The fourth-order valence-corrected chi connectivity index (χ4v) is 3.76. The van der Waals surface area contributed by atoms with Crippen LogP contribution in [0.1, 0.15) is 23.6 Å². The lowest BCUT2D eigenvalue weighted by atomic mass is 9.90. The van der Waals surface area contributed by atoms with E-state index in [4.69, 9.17) is 11.6 Å². The number of nitrogens with zero attached hydrogens (tertiary/aromatic N) is 1. The zero-order valence-corrected chi connectivity index (χ0v) is 17.1. The Balaban J connectivity index is 1.94. The molecule has 0 amide bonds. The molecule has 2 nitrogen and oxygen atoms in total. The normalized spacial score (nSPS) is 14.6. The molecule has 3 rings (SSSR count). The van der Waals surface area contributed by atoms with Crippen LogP contribution in [-0.2, 0) is 19.5 Å². The molecule has 0 saturated heterocycles. The highest BCUT2D eigenvalue weighted by Gasteiger charge is 2.36. The maximum atomic E-state index is 11.2. The minimum Gasteiger partial charge on any atom is -0.387 e. The van der Waals surface area contributed by atoms with E-state index in [1.165, 1.54) is 16.7 Å². The maximum Gasteiger partial charge on any atom is 0.0912 e. The highest BCUT2D eigenvalue weighted by Crippen LogP contribution is 2.26. The second kappa shape index (κ2) is 9.88. The van der Waals surface area contributed by atoms with E-state index in [2.05, 4.69) is 65.6 Å². The Morgan fingerprint density at radius 2 is 1.14 bits per heavy atom. The van der Waals surface area contributed by atoms with Crippen molar-refractivity contribution in [1.29, 1.82) is 0 Å². The Morgan fingerprint density at radius 1 is 0.750 bits per heavy atom. The van der Waals surface area contributed by atoms with Gasteiger partial charge in [-0.2, -0.15) is 0 Å². The standard InChI is InChI=1S/C25H28ClNO/c1-25(28,20-26)24(17-21-11-5-2-6-12-21)27(18-22-13-7-3-8-14-22)19-23-15-9-4-10-16-23/h2-16,24,28H,17-20H2,1H3/t24-,25-/m0/s1. The van der Waals surface area contributed by atoms with Crippen molar-refractivity contribution in [1.82, 2.24) is 4.90 Å². The van der Waals surface area contributed by atoms with E-state index < -0.39 is 5.60 Å². The summed E-state index contributed by atoms with van der Waals surface area (Å²) in [5, 5.41) is 11.2. The van der Waals surface area contributed by atoms with Crippen LogP contribution in [0.25, 0.3) is 0 Å². The number of alkyl halides is 1. The van der Waals surface area contributed by atoms with Crippen LogP contribution in [0.5, 0.6) is 0 Å². The molecule has 0 fully saturated rings. The van der Waals surface area contributed by atoms with Crippen LogP contribution >= 0.6 is 11.6 Å². The van der Waals surface area contributed by atoms with Gasteiger partial charge < -0.3 is 5.11 Å².